The van der Waals surface area contributed by atoms with Gasteiger partial charge in [-0.3, -0.25) is 0 Å². The van der Waals surface area contributed by atoms with Crippen LogP contribution in [0.2, 0.25) is 10.2 Å². The molecule has 0 N–H and O–H groups in total. The van der Waals surface area contributed by atoms with Crippen molar-refractivity contribution in [3.8, 4) is 0 Å². The first-order valence-corrected chi connectivity index (χ1v) is 5.54. The molecule has 0 unspecified atom stereocenters. The maximum atomic E-state index is 6.01. The fraction of sp³-hybridized carbons (Fsp3) is 0. The van der Waals surface area contributed by atoms with Gasteiger partial charge in [-0.05, 0) is 18.2 Å². The van der Waals surface area contributed by atoms with Crippen LogP contribution < -0.4 is 0 Å². The van der Waals surface area contributed by atoms with Gasteiger partial charge in [0.15, 0.2) is 5.15 Å². The highest BCUT2D eigenvalue weighted by molar-refractivity contribution is 6.36. The van der Waals surface area contributed by atoms with E-state index in [1.165, 1.54) is 10.4 Å². The lowest BCUT2D eigenvalue weighted by molar-refractivity contribution is 1.25. The molecular formula is C10H4Cl3N3. The summed E-state index contributed by atoms with van der Waals surface area (Å²) in [5.74, 6) is 0. The number of benzene rings is 1. The number of pyridine rings is 1. The summed E-state index contributed by atoms with van der Waals surface area (Å²) in [4.78, 5) is 8.32. The maximum Gasteiger partial charge on any atom is 0.157 e. The molecule has 0 aliphatic carbocycles. The molecule has 16 heavy (non-hydrogen) atoms. The molecule has 0 saturated carbocycles. The van der Waals surface area contributed by atoms with Gasteiger partial charge < -0.3 is 0 Å². The fourth-order valence-corrected chi connectivity index (χ4v) is 2.29. The molecule has 0 saturated heterocycles. The van der Waals surface area contributed by atoms with Crippen molar-refractivity contribution in [2.24, 2.45) is 0 Å². The van der Waals surface area contributed by atoms with Gasteiger partial charge in [0, 0.05) is 22.2 Å². The largest absolute Gasteiger partial charge is 0.240 e. The number of halogens is 3. The molecule has 3 nitrogen and oxygen atoms in total. The minimum absolute atomic E-state index is 0.337. The van der Waals surface area contributed by atoms with Gasteiger partial charge in [-0.15, -0.1) is 0 Å². The monoisotopic (exact) mass is 271 g/mol. The first-order chi connectivity index (χ1) is 7.66. The highest BCUT2D eigenvalue weighted by Gasteiger charge is 2.12. The van der Waals surface area contributed by atoms with Crippen molar-refractivity contribution in [1.82, 2.24) is 14.1 Å². The maximum absolute atomic E-state index is 6.01. The van der Waals surface area contributed by atoms with Crippen LogP contribution in [0.15, 0.2) is 24.5 Å². The van der Waals surface area contributed by atoms with E-state index in [1.807, 2.05) is 0 Å². The molecule has 6 heteroatoms. The van der Waals surface area contributed by atoms with Gasteiger partial charge in [-0.2, -0.15) is 0 Å². The summed E-state index contributed by atoms with van der Waals surface area (Å²) in [5.41, 5.74) is 2.04. The summed E-state index contributed by atoms with van der Waals surface area (Å²) in [7, 11) is 0. The lowest BCUT2D eigenvalue weighted by Crippen LogP contribution is -1.86. The highest BCUT2D eigenvalue weighted by Crippen LogP contribution is 2.30. The number of fused-ring (bicyclic) bond motifs is 3. The van der Waals surface area contributed by atoms with Crippen molar-refractivity contribution in [2.45, 2.75) is 0 Å². The first kappa shape index (κ1) is 10.1. The molecule has 0 aliphatic heterocycles. The number of nitrogens with zero attached hydrogens (tertiary/aromatic N) is 3. The molecule has 1 aromatic carbocycles. The molecule has 80 valence electrons. The molecule has 0 spiro atoms. The smallest absolute Gasteiger partial charge is 0.157 e. The predicted octanol–water partition coefficient (Wildman–Crippen LogP) is 3.89. The molecule has 0 aliphatic rings. The molecule has 0 radical (unpaired) electrons. The first-order valence-electron chi connectivity index (χ1n) is 4.45. The summed E-state index contributed by atoms with van der Waals surface area (Å²) in [6.45, 7) is 0. The van der Waals surface area contributed by atoms with Gasteiger partial charge >= 0.3 is 0 Å². The van der Waals surface area contributed by atoms with E-state index in [9.17, 15) is 0 Å². The number of hydrogen-bond acceptors (Lipinski definition) is 2. The normalized spacial score (nSPS) is 11.4. The number of aromatic nitrogens is 3. The average Bonchev–Trinajstić information content (AvgIpc) is 2.63. The number of hydrogen-bond donors (Lipinski definition) is 0. The van der Waals surface area contributed by atoms with Crippen LogP contribution in [-0.2, 0) is 0 Å². The van der Waals surface area contributed by atoms with E-state index in [1.54, 1.807) is 18.2 Å². The predicted molar refractivity (Wildman–Crippen MR) is 66.3 cm³/mol. The van der Waals surface area contributed by atoms with Crippen molar-refractivity contribution in [3.05, 3.63) is 34.7 Å². The van der Waals surface area contributed by atoms with Crippen LogP contribution in [0.4, 0.5) is 0 Å². The van der Waals surface area contributed by atoms with Crippen LogP contribution in [0.25, 0.3) is 21.9 Å². The van der Waals surface area contributed by atoms with Gasteiger partial charge in [0.05, 0.1) is 11.0 Å². The van der Waals surface area contributed by atoms with E-state index in [0.29, 0.717) is 15.7 Å². The molecule has 0 fully saturated rings. The zero-order chi connectivity index (χ0) is 11.3. The van der Waals surface area contributed by atoms with E-state index in [2.05, 4.69) is 9.97 Å². The molecule has 3 aromatic rings. The van der Waals surface area contributed by atoms with Gasteiger partial charge in [0.2, 0.25) is 0 Å². The third kappa shape index (κ3) is 1.36. The summed E-state index contributed by atoms with van der Waals surface area (Å²) in [5, 5.41) is 1.79. The number of rotatable bonds is 0. The van der Waals surface area contributed by atoms with Gasteiger partial charge in [-0.25, -0.2) is 14.1 Å². The Balaban J connectivity index is 2.64. The summed E-state index contributed by atoms with van der Waals surface area (Å²) < 4.78 is 1.39. The topological polar surface area (TPSA) is 30.7 Å². The Morgan fingerprint density at radius 3 is 2.81 bits per heavy atom. The molecule has 0 amide bonds. The Labute approximate surface area is 106 Å². The molecule has 2 heterocycles. The van der Waals surface area contributed by atoms with Crippen LogP contribution in [0, 0.1) is 0 Å². The van der Waals surface area contributed by atoms with E-state index in [-0.39, 0.29) is 0 Å². The van der Waals surface area contributed by atoms with E-state index < -0.39 is 0 Å². The summed E-state index contributed by atoms with van der Waals surface area (Å²) in [6, 6.07) is 5.35. The second kappa shape index (κ2) is 3.48. The summed E-state index contributed by atoms with van der Waals surface area (Å²) >= 11 is 18.0. The second-order valence-electron chi connectivity index (χ2n) is 3.32. The van der Waals surface area contributed by atoms with E-state index in [0.717, 1.165) is 16.4 Å². The summed E-state index contributed by atoms with van der Waals surface area (Å²) in [6.07, 6.45) is 1.49. The second-order valence-corrected chi connectivity index (χ2v) is 4.48. The lowest BCUT2D eigenvalue weighted by Gasteiger charge is -2.02. The Kier molecular flexibility index (Phi) is 2.21. The van der Waals surface area contributed by atoms with E-state index in [4.69, 9.17) is 35.0 Å². The average molecular weight is 273 g/mol. The Bertz CT molecular complexity index is 705. The van der Waals surface area contributed by atoms with Crippen LogP contribution in [0.5, 0.6) is 0 Å². The fourth-order valence-electron chi connectivity index (χ4n) is 1.68. The Hall–Kier alpha value is -1.03. The standard InChI is InChI=1S/C10H4Cl3N3/c11-5-1-2-7-6(3-5)9-8(10(12)15-7)14-4-16(9)13/h1-4H. The third-order valence-corrected chi connectivity index (χ3v) is 3.11. The molecular weight excluding hydrogens is 268 g/mol. The van der Waals surface area contributed by atoms with Crippen LogP contribution in [0.1, 0.15) is 0 Å². The third-order valence-electron chi connectivity index (χ3n) is 2.35. The van der Waals surface area contributed by atoms with Crippen LogP contribution in [-0.4, -0.2) is 14.1 Å². The minimum Gasteiger partial charge on any atom is -0.240 e. The van der Waals surface area contributed by atoms with Crippen molar-refractivity contribution < 1.29 is 0 Å². The van der Waals surface area contributed by atoms with Crippen molar-refractivity contribution >= 4 is 56.9 Å². The van der Waals surface area contributed by atoms with Crippen molar-refractivity contribution in [2.75, 3.05) is 0 Å². The van der Waals surface area contributed by atoms with Crippen LogP contribution in [0.3, 0.4) is 0 Å². The van der Waals surface area contributed by atoms with Crippen molar-refractivity contribution in [1.29, 1.82) is 0 Å². The number of imidazole rings is 1. The SMILES string of the molecule is Clc1ccc2nc(Cl)c3ncn(Cl)c3c2c1. The van der Waals surface area contributed by atoms with Gasteiger partial charge in [-0.1, -0.05) is 23.2 Å². The molecule has 0 atom stereocenters. The highest BCUT2D eigenvalue weighted by atomic mass is 35.5. The van der Waals surface area contributed by atoms with Crippen molar-refractivity contribution in [3.63, 3.8) is 0 Å². The van der Waals surface area contributed by atoms with E-state index >= 15 is 0 Å². The van der Waals surface area contributed by atoms with Gasteiger partial charge in [0.25, 0.3) is 0 Å². The lowest BCUT2D eigenvalue weighted by atomic mass is 10.2. The molecule has 2 aromatic heterocycles. The zero-order valence-electron chi connectivity index (χ0n) is 7.78. The minimum atomic E-state index is 0.337. The Morgan fingerprint density at radius 2 is 2.00 bits per heavy atom. The van der Waals surface area contributed by atoms with Gasteiger partial charge in [0.1, 0.15) is 11.8 Å². The molecule has 0 bridgehead atoms. The molecule has 3 rings (SSSR count). The quantitative estimate of drug-likeness (QED) is 0.581. The zero-order valence-corrected chi connectivity index (χ0v) is 10.1. The van der Waals surface area contributed by atoms with Crippen LogP contribution >= 0.6 is 35.0 Å². The Morgan fingerprint density at radius 1 is 1.19 bits per heavy atom.